The number of likely N-dealkylation sites (tertiary alicyclic amines) is 1. The third-order valence-corrected chi connectivity index (χ3v) is 3.75. The van der Waals surface area contributed by atoms with E-state index in [2.05, 4.69) is 39.8 Å². The molecule has 0 saturated carbocycles. The zero-order valence-corrected chi connectivity index (χ0v) is 11.7. The van der Waals surface area contributed by atoms with Crippen LogP contribution in [0.5, 0.6) is 0 Å². The van der Waals surface area contributed by atoms with E-state index in [-0.39, 0.29) is 0 Å². The molecule has 1 aromatic heterocycles. The van der Waals surface area contributed by atoms with Crippen molar-refractivity contribution in [2.45, 2.75) is 52.2 Å². The van der Waals surface area contributed by atoms with Crippen molar-refractivity contribution in [1.29, 1.82) is 0 Å². The van der Waals surface area contributed by atoms with Gasteiger partial charge in [-0.15, -0.1) is 0 Å². The lowest BCUT2D eigenvalue weighted by Gasteiger charge is -2.22. The van der Waals surface area contributed by atoms with Crippen LogP contribution in [0.4, 0.5) is 0 Å². The van der Waals surface area contributed by atoms with E-state index in [0.29, 0.717) is 6.04 Å². The van der Waals surface area contributed by atoms with Gasteiger partial charge in [0.2, 0.25) is 0 Å². The van der Waals surface area contributed by atoms with Crippen molar-refractivity contribution in [2.24, 2.45) is 0 Å². The van der Waals surface area contributed by atoms with E-state index in [1.54, 1.807) is 0 Å². The molecule has 0 spiro atoms. The topological polar surface area (TPSA) is 33.1 Å². The molecule has 0 amide bonds. The van der Waals surface area contributed by atoms with Gasteiger partial charge in [-0.05, 0) is 38.9 Å². The molecule has 4 nitrogen and oxygen atoms in total. The summed E-state index contributed by atoms with van der Waals surface area (Å²) in [5.41, 5.74) is 1.16. The maximum atomic E-state index is 4.46. The molecule has 2 heterocycles. The fourth-order valence-electron chi connectivity index (χ4n) is 2.75. The Hall–Kier alpha value is -0.870. The molecule has 18 heavy (non-hydrogen) atoms. The summed E-state index contributed by atoms with van der Waals surface area (Å²) in [6.45, 7) is 9.93. The predicted octanol–water partition coefficient (Wildman–Crippen LogP) is 1.87. The molecule has 0 aromatic carbocycles. The minimum absolute atomic E-state index is 0.709. The maximum absolute atomic E-state index is 4.46. The van der Waals surface area contributed by atoms with Crippen LogP contribution in [0.25, 0.3) is 0 Å². The molecule has 4 heteroatoms. The van der Waals surface area contributed by atoms with Crippen molar-refractivity contribution in [1.82, 2.24) is 19.8 Å². The first-order valence-electron chi connectivity index (χ1n) is 7.29. The quantitative estimate of drug-likeness (QED) is 0.750. The highest BCUT2D eigenvalue weighted by atomic mass is 15.2. The first-order chi connectivity index (χ1) is 8.83. The van der Waals surface area contributed by atoms with E-state index in [4.69, 9.17) is 0 Å². The minimum atomic E-state index is 0.709. The highest BCUT2D eigenvalue weighted by Gasteiger charge is 2.22. The summed E-state index contributed by atoms with van der Waals surface area (Å²) in [4.78, 5) is 7.04. The van der Waals surface area contributed by atoms with E-state index >= 15 is 0 Å². The van der Waals surface area contributed by atoms with Gasteiger partial charge in [0, 0.05) is 25.3 Å². The van der Waals surface area contributed by atoms with Crippen LogP contribution in [-0.2, 0) is 13.1 Å². The minimum Gasteiger partial charge on any atom is -0.336 e. The van der Waals surface area contributed by atoms with Crippen molar-refractivity contribution in [2.75, 3.05) is 19.6 Å². The second kappa shape index (κ2) is 6.90. The van der Waals surface area contributed by atoms with E-state index < -0.39 is 0 Å². The average molecular weight is 250 g/mol. The first kappa shape index (κ1) is 13.6. The number of hydrogen-bond acceptors (Lipinski definition) is 3. The van der Waals surface area contributed by atoms with Crippen LogP contribution in [0.2, 0.25) is 0 Å². The van der Waals surface area contributed by atoms with E-state index in [1.165, 1.54) is 32.4 Å². The van der Waals surface area contributed by atoms with Gasteiger partial charge >= 0.3 is 0 Å². The normalized spacial score (nSPS) is 20.7. The largest absolute Gasteiger partial charge is 0.336 e. The van der Waals surface area contributed by atoms with Crippen LogP contribution in [0.15, 0.2) is 12.5 Å². The summed E-state index contributed by atoms with van der Waals surface area (Å²) in [7, 11) is 0. The van der Waals surface area contributed by atoms with Gasteiger partial charge in [-0.25, -0.2) is 4.98 Å². The van der Waals surface area contributed by atoms with Gasteiger partial charge in [-0.2, -0.15) is 0 Å². The van der Waals surface area contributed by atoms with Gasteiger partial charge in [0.1, 0.15) is 0 Å². The standard InChI is InChI=1S/C14H26N4/c1-3-7-15-9-13-10-17(12-16-13)11-14-6-5-8-18(14)4-2/h10,12,14-15H,3-9,11H2,1-2H3. The fraction of sp³-hybridized carbons (Fsp3) is 0.786. The van der Waals surface area contributed by atoms with Gasteiger partial charge in [0.25, 0.3) is 0 Å². The smallest absolute Gasteiger partial charge is 0.0950 e. The number of hydrogen-bond donors (Lipinski definition) is 1. The lowest BCUT2D eigenvalue weighted by Crippen LogP contribution is -2.32. The number of aromatic nitrogens is 2. The van der Waals surface area contributed by atoms with Crippen LogP contribution >= 0.6 is 0 Å². The zero-order chi connectivity index (χ0) is 12.8. The molecule has 1 saturated heterocycles. The molecule has 1 fully saturated rings. The van der Waals surface area contributed by atoms with E-state index in [9.17, 15) is 0 Å². The van der Waals surface area contributed by atoms with Gasteiger partial charge in [-0.1, -0.05) is 13.8 Å². The Morgan fingerprint density at radius 2 is 2.33 bits per heavy atom. The number of rotatable bonds is 7. The van der Waals surface area contributed by atoms with Crippen LogP contribution in [-0.4, -0.2) is 40.1 Å². The van der Waals surface area contributed by atoms with E-state index in [0.717, 1.165) is 25.3 Å². The third kappa shape index (κ3) is 3.56. The Bertz CT molecular complexity index is 347. The molecule has 102 valence electrons. The Kier molecular flexibility index (Phi) is 5.20. The molecule has 1 aromatic rings. The second-order valence-electron chi connectivity index (χ2n) is 5.16. The summed E-state index contributed by atoms with van der Waals surface area (Å²) in [6.07, 6.45) is 8.02. The molecule has 1 aliphatic heterocycles. The average Bonchev–Trinajstić information content (AvgIpc) is 2.99. The Morgan fingerprint density at radius 3 is 3.11 bits per heavy atom. The molecule has 2 rings (SSSR count). The molecule has 0 radical (unpaired) electrons. The van der Waals surface area contributed by atoms with Gasteiger partial charge in [0.05, 0.1) is 12.0 Å². The van der Waals surface area contributed by atoms with Crippen molar-refractivity contribution in [3.05, 3.63) is 18.2 Å². The second-order valence-corrected chi connectivity index (χ2v) is 5.16. The number of imidazole rings is 1. The Labute approximate surface area is 110 Å². The van der Waals surface area contributed by atoms with E-state index in [1.807, 2.05) is 6.33 Å². The molecule has 1 atom stereocenters. The van der Waals surface area contributed by atoms with Crippen LogP contribution in [0.1, 0.15) is 38.8 Å². The Balaban J connectivity index is 1.82. The summed E-state index contributed by atoms with van der Waals surface area (Å²) >= 11 is 0. The van der Waals surface area contributed by atoms with Crippen LogP contribution in [0, 0.1) is 0 Å². The monoisotopic (exact) mass is 250 g/mol. The van der Waals surface area contributed by atoms with Gasteiger partial charge in [0.15, 0.2) is 0 Å². The molecular weight excluding hydrogens is 224 g/mol. The maximum Gasteiger partial charge on any atom is 0.0950 e. The summed E-state index contributed by atoms with van der Waals surface area (Å²) in [6, 6.07) is 0.709. The van der Waals surface area contributed by atoms with Crippen molar-refractivity contribution in [3.63, 3.8) is 0 Å². The summed E-state index contributed by atoms with van der Waals surface area (Å²) < 4.78 is 2.25. The number of nitrogens with one attached hydrogen (secondary N) is 1. The highest BCUT2D eigenvalue weighted by Crippen LogP contribution is 2.18. The zero-order valence-electron chi connectivity index (χ0n) is 11.7. The Morgan fingerprint density at radius 1 is 1.44 bits per heavy atom. The molecular formula is C14H26N4. The van der Waals surface area contributed by atoms with Crippen molar-refractivity contribution < 1.29 is 0 Å². The van der Waals surface area contributed by atoms with Crippen molar-refractivity contribution >= 4 is 0 Å². The molecule has 0 bridgehead atoms. The summed E-state index contributed by atoms with van der Waals surface area (Å²) in [5.74, 6) is 0. The van der Waals surface area contributed by atoms with Crippen LogP contribution in [0.3, 0.4) is 0 Å². The third-order valence-electron chi connectivity index (χ3n) is 3.75. The summed E-state index contributed by atoms with van der Waals surface area (Å²) in [5, 5.41) is 3.39. The predicted molar refractivity (Wildman–Crippen MR) is 74.5 cm³/mol. The SMILES string of the molecule is CCCNCc1cn(CC2CCCN2CC)cn1. The van der Waals surface area contributed by atoms with Gasteiger partial charge < -0.3 is 9.88 Å². The number of nitrogens with zero attached hydrogens (tertiary/aromatic N) is 3. The lowest BCUT2D eigenvalue weighted by atomic mass is 10.2. The van der Waals surface area contributed by atoms with Crippen LogP contribution < -0.4 is 5.32 Å². The molecule has 1 aliphatic rings. The molecule has 1 N–H and O–H groups in total. The molecule has 0 aliphatic carbocycles. The lowest BCUT2D eigenvalue weighted by molar-refractivity contribution is 0.244. The van der Waals surface area contributed by atoms with Crippen molar-refractivity contribution in [3.8, 4) is 0 Å². The first-order valence-corrected chi connectivity index (χ1v) is 7.29. The molecule has 1 unspecified atom stereocenters. The van der Waals surface area contributed by atoms with Gasteiger partial charge in [-0.3, -0.25) is 4.90 Å². The number of likely N-dealkylation sites (N-methyl/N-ethyl adjacent to an activating group) is 1. The fourth-order valence-corrected chi connectivity index (χ4v) is 2.75. The highest BCUT2D eigenvalue weighted by molar-refractivity contribution is 4.97.